The molecule has 1 aromatic rings. The quantitative estimate of drug-likeness (QED) is 0.406. The van der Waals surface area contributed by atoms with Gasteiger partial charge in [0, 0.05) is 0 Å². The van der Waals surface area contributed by atoms with Crippen LogP contribution < -0.4 is 16.4 Å². The average molecular weight is 363 g/mol. The lowest BCUT2D eigenvalue weighted by Gasteiger charge is -2.26. The molecule has 0 radical (unpaired) electrons. The van der Waals surface area contributed by atoms with E-state index in [0.717, 1.165) is 0 Å². The van der Waals surface area contributed by atoms with Crippen molar-refractivity contribution in [3.05, 3.63) is 35.9 Å². The molecule has 0 saturated carbocycles. The second-order valence-corrected chi connectivity index (χ2v) is 7.28. The topological polar surface area (TPSA) is 125 Å². The molecule has 26 heavy (non-hydrogen) atoms. The van der Waals surface area contributed by atoms with Crippen LogP contribution in [0.3, 0.4) is 0 Å². The van der Waals surface area contributed by atoms with Crippen LogP contribution in [0.5, 0.6) is 0 Å². The second kappa shape index (κ2) is 10.3. The molecule has 0 aromatic heterocycles. The van der Waals surface area contributed by atoms with Crippen molar-refractivity contribution in [1.82, 2.24) is 10.6 Å². The van der Waals surface area contributed by atoms with Gasteiger partial charge in [-0.3, -0.25) is 9.59 Å². The van der Waals surface area contributed by atoms with Gasteiger partial charge in [0.2, 0.25) is 11.8 Å². The molecule has 0 bridgehead atoms. The molecule has 0 aliphatic rings. The zero-order valence-corrected chi connectivity index (χ0v) is 15.8. The van der Waals surface area contributed by atoms with Gasteiger partial charge < -0.3 is 26.4 Å². The number of carbonyl (C=O) groups excluding carboxylic acids is 2. The van der Waals surface area contributed by atoms with E-state index >= 15 is 0 Å². The van der Waals surface area contributed by atoms with E-state index in [1.54, 1.807) is 44.2 Å². The van der Waals surface area contributed by atoms with Crippen molar-refractivity contribution in [2.24, 2.45) is 17.6 Å². The van der Waals surface area contributed by atoms with Crippen molar-refractivity contribution < 1.29 is 19.6 Å². The molecule has 144 valence electrons. The molecule has 0 unspecified atom stereocenters. The van der Waals surface area contributed by atoms with Crippen molar-refractivity contribution >= 4 is 18.9 Å². The van der Waals surface area contributed by atoms with Gasteiger partial charge in [-0.2, -0.15) is 0 Å². The van der Waals surface area contributed by atoms with Crippen LogP contribution in [0.4, 0.5) is 0 Å². The Hall–Kier alpha value is -1.90. The molecule has 7 nitrogen and oxygen atoms in total. The Labute approximate surface area is 155 Å². The van der Waals surface area contributed by atoms with Gasteiger partial charge in [0.25, 0.3) is 0 Å². The third kappa shape index (κ3) is 6.78. The molecule has 0 fully saturated rings. The van der Waals surface area contributed by atoms with Crippen molar-refractivity contribution in [3.8, 4) is 0 Å². The lowest BCUT2D eigenvalue weighted by atomic mass is 9.75. The fourth-order valence-corrected chi connectivity index (χ4v) is 2.64. The van der Waals surface area contributed by atoms with E-state index in [1.165, 1.54) is 0 Å². The third-order valence-corrected chi connectivity index (χ3v) is 4.06. The number of nitrogens with two attached hydrogens (primary N) is 1. The van der Waals surface area contributed by atoms with E-state index in [-0.39, 0.29) is 11.8 Å². The summed E-state index contributed by atoms with van der Waals surface area (Å²) in [5.41, 5.74) is 6.44. The zero-order valence-electron chi connectivity index (χ0n) is 15.8. The number of benzene rings is 1. The van der Waals surface area contributed by atoms with Crippen LogP contribution in [0, 0.1) is 11.8 Å². The predicted octanol–water partition coefficient (Wildman–Crippen LogP) is 0.370. The summed E-state index contributed by atoms with van der Waals surface area (Å²) in [6.45, 7) is 7.52. The van der Waals surface area contributed by atoms with Crippen LogP contribution in [0.25, 0.3) is 0 Å². The van der Waals surface area contributed by atoms with Crippen LogP contribution >= 0.6 is 0 Å². The molecule has 3 atom stereocenters. The molecule has 0 aliphatic heterocycles. The number of hydrogen-bond acceptors (Lipinski definition) is 5. The first kappa shape index (κ1) is 22.1. The summed E-state index contributed by atoms with van der Waals surface area (Å²) in [7, 11) is -1.77. The van der Waals surface area contributed by atoms with E-state index in [0.29, 0.717) is 12.0 Å². The fraction of sp³-hybridized carbons (Fsp3) is 0.556. The van der Waals surface area contributed by atoms with Gasteiger partial charge in [0.1, 0.15) is 6.04 Å². The summed E-state index contributed by atoms with van der Waals surface area (Å²) in [4.78, 5) is 24.9. The minimum atomic E-state index is -1.77. The monoisotopic (exact) mass is 363 g/mol. The highest BCUT2D eigenvalue weighted by Crippen LogP contribution is 2.15. The van der Waals surface area contributed by atoms with Crippen LogP contribution in [0.1, 0.15) is 45.6 Å². The highest BCUT2D eigenvalue weighted by molar-refractivity contribution is 6.43. The van der Waals surface area contributed by atoms with Crippen LogP contribution in [-0.2, 0) is 9.59 Å². The average Bonchev–Trinajstić information content (AvgIpc) is 2.56. The standard InChI is InChI=1S/C18H30BN3O4/c1-11(2)10-14(20)17(23)21-15(12(3)4)18(24)22-16(19(25)26)13-8-6-5-7-9-13/h5-9,11-12,14-16,25-26H,10,20H2,1-4H3,(H,21,23)(H,22,24)/t14-,15-,16-/m0/s1. The number of hydrogen-bond donors (Lipinski definition) is 5. The highest BCUT2D eigenvalue weighted by Gasteiger charge is 2.32. The molecule has 0 spiro atoms. The maximum absolute atomic E-state index is 12.7. The summed E-state index contributed by atoms with van der Waals surface area (Å²) in [5, 5.41) is 24.6. The minimum Gasteiger partial charge on any atom is -0.426 e. The van der Waals surface area contributed by atoms with Crippen molar-refractivity contribution in [1.29, 1.82) is 0 Å². The predicted molar refractivity (Wildman–Crippen MR) is 102 cm³/mol. The molecular formula is C18H30BN3O4. The van der Waals surface area contributed by atoms with Gasteiger partial charge in [-0.15, -0.1) is 0 Å². The molecule has 1 aromatic carbocycles. The van der Waals surface area contributed by atoms with E-state index in [2.05, 4.69) is 10.6 Å². The minimum absolute atomic E-state index is 0.197. The summed E-state index contributed by atoms with van der Waals surface area (Å²) in [6.07, 6.45) is 0.514. The van der Waals surface area contributed by atoms with Gasteiger partial charge >= 0.3 is 7.12 Å². The van der Waals surface area contributed by atoms with Crippen molar-refractivity contribution in [2.75, 3.05) is 0 Å². The third-order valence-electron chi connectivity index (χ3n) is 4.06. The molecular weight excluding hydrogens is 333 g/mol. The number of amides is 2. The Morgan fingerprint density at radius 3 is 2.08 bits per heavy atom. The molecule has 0 saturated heterocycles. The summed E-state index contributed by atoms with van der Waals surface area (Å²) < 4.78 is 0. The van der Waals surface area contributed by atoms with Crippen LogP contribution in [0.15, 0.2) is 30.3 Å². The smallest absolute Gasteiger partial charge is 0.426 e. The summed E-state index contributed by atoms with van der Waals surface area (Å²) in [5.74, 6) is -1.82. The SMILES string of the molecule is CC(C)C[C@H](N)C(=O)N[C@H](C(=O)N[C@H](B(O)O)c1ccccc1)C(C)C. The molecule has 2 amide bonds. The zero-order chi connectivity index (χ0) is 19.9. The number of carbonyl (C=O) groups is 2. The molecule has 1 rings (SSSR count). The Morgan fingerprint density at radius 1 is 1.04 bits per heavy atom. The van der Waals surface area contributed by atoms with Gasteiger partial charge in [0.05, 0.1) is 12.0 Å². The van der Waals surface area contributed by atoms with Crippen molar-refractivity contribution in [2.45, 2.75) is 52.1 Å². The molecule has 6 N–H and O–H groups in total. The summed E-state index contributed by atoms with van der Waals surface area (Å²) >= 11 is 0. The Bertz CT molecular complexity index is 581. The molecule has 8 heteroatoms. The van der Waals surface area contributed by atoms with E-state index in [1.807, 2.05) is 13.8 Å². The van der Waals surface area contributed by atoms with Crippen molar-refractivity contribution in [3.63, 3.8) is 0 Å². The lowest BCUT2D eigenvalue weighted by molar-refractivity contribution is -0.131. The van der Waals surface area contributed by atoms with Crippen LogP contribution in [-0.4, -0.2) is 41.1 Å². The Kier molecular flexibility index (Phi) is 8.77. The first-order chi connectivity index (χ1) is 12.1. The highest BCUT2D eigenvalue weighted by atomic mass is 16.4. The van der Waals surface area contributed by atoms with E-state index in [9.17, 15) is 19.6 Å². The second-order valence-electron chi connectivity index (χ2n) is 7.28. The van der Waals surface area contributed by atoms with Crippen LogP contribution in [0.2, 0.25) is 0 Å². The van der Waals surface area contributed by atoms with Gasteiger partial charge in [-0.05, 0) is 23.8 Å². The molecule has 0 aliphatic carbocycles. The maximum Gasteiger partial charge on any atom is 0.480 e. The van der Waals surface area contributed by atoms with Gasteiger partial charge in [0.15, 0.2) is 0 Å². The molecule has 0 heterocycles. The number of nitrogens with one attached hydrogen (secondary N) is 2. The first-order valence-electron chi connectivity index (χ1n) is 8.90. The lowest BCUT2D eigenvalue weighted by Crippen LogP contribution is -2.55. The Morgan fingerprint density at radius 2 is 1.62 bits per heavy atom. The Balaban J connectivity index is 2.85. The number of rotatable bonds is 9. The summed E-state index contributed by atoms with van der Waals surface area (Å²) in [6, 6.07) is 7.12. The van der Waals surface area contributed by atoms with E-state index < -0.39 is 37.0 Å². The largest absolute Gasteiger partial charge is 0.480 e. The fourth-order valence-electron chi connectivity index (χ4n) is 2.64. The normalized spacial score (nSPS) is 14.7. The maximum atomic E-state index is 12.7. The first-order valence-corrected chi connectivity index (χ1v) is 8.90. The van der Waals surface area contributed by atoms with Gasteiger partial charge in [-0.1, -0.05) is 58.0 Å². The van der Waals surface area contributed by atoms with E-state index in [4.69, 9.17) is 5.73 Å². The van der Waals surface area contributed by atoms with Gasteiger partial charge in [-0.25, -0.2) is 0 Å².